The number of H-pyrrole nitrogens is 1. The van der Waals surface area contributed by atoms with Crippen molar-refractivity contribution in [3.63, 3.8) is 0 Å². The van der Waals surface area contributed by atoms with Crippen molar-refractivity contribution in [2.75, 3.05) is 0 Å². The van der Waals surface area contributed by atoms with Crippen LogP contribution in [0.15, 0.2) is 66.9 Å². The molecule has 0 saturated carbocycles. The summed E-state index contributed by atoms with van der Waals surface area (Å²) in [6.07, 6.45) is 1.92. The third-order valence-electron chi connectivity index (χ3n) is 4.09. The van der Waals surface area contributed by atoms with E-state index in [1.165, 1.54) is 0 Å². The normalized spacial score (nSPS) is 10.3. The molecule has 4 rings (SSSR count). The molecule has 4 aromatic rings. The summed E-state index contributed by atoms with van der Waals surface area (Å²) in [6.45, 7) is 0. The average Bonchev–Trinajstić information content (AvgIpc) is 3.31. The van der Waals surface area contributed by atoms with E-state index >= 15 is 0 Å². The molecule has 0 saturated heterocycles. The Labute approximate surface area is 214 Å². The largest absolute Gasteiger partial charge is 1.00 e. The van der Waals surface area contributed by atoms with E-state index in [0.29, 0.717) is 0 Å². The van der Waals surface area contributed by atoms with Gasteiger partial charge in [0.15, 0.2) is 5.69 Å². The maximum atomic E-state index is 12.4. The summed E-state index contributed by atoms with van der Waals surface area (Å²) in [5, 5.41) is 5.54. The van der Waals surface area contributed by atoms with Crippen LogP contribution < -0.4 is 62.2 Å². The minimum Gasteiger partial charge on any atom is -0.410 e. The SMILES string of the molecule is O=C(NNC(=S)[S-])c1cc(-c2c[nH]c3ccccc23)n(-c2ccccc2)n1.[K+]. The molecule has 0 aliphatic rings. The van der Waals surface area contributed by atoms with Crippen LogP contribution in [0.1, 0.15) is 10.5 Å². The van der Waals surface area contributed by atoms with Gasteiger partial charge < -0.3 is 35.3 Å². The number of nitrogens with one attached hydrogen (secondary N) is 3. The van der Waals surface area contributed by atoms with Gasteiger partial charge in [-0.05, 0) is 28.6 Å². The minimum atomic E-state index is -0.419. The molecule has 1 amide bonds. The molecule has 0 unspecified atom stereocenters. The maximum absolute atomic E-state index is 12.4. The van der Waals surface area contributed by atoms with Crippen LogP contribution in [0.3, 0.4) is 0 Å². The van der Waals surface area contributed by atoms with E-state index in [1.54, 1.807) is 10.7 Å². The smallest absolute Gasteiger partial charge is 0.410 e. The van der Waals surface area contributed by atoms with Crippen LogP contribution in [-0.4, -0.2) is 25.0 Å². The number of aromatic amines is 1. The monoisotopic (exact) mass is 431 g/mol. The predicted molar refractivity (Wildman–Crippen MR) is 111 cm³/mol. The molecule has 0 bridgehead atoms. The van der Waals surface area contributed by atoms with Gasteiger partial charge in [0.2, 0.25) is 0 Å². The third-order valence-corrected chi connectivity index (χ3v) is 4.29. The Morgan fingerprint density at radius 2 is 1.79 bits per heavy atom. The van der Waals surface area contributed by atoms with Crippen LogP contribution in [-0.2, 0) is 12.6 Å². The predicted octanol–water partition coefficient (Wildman–Crippen LogP) is 0.0908. The molecular weight excluding hydrogens is 417 g/mol. The molecule has 3 N–H and O–H groups in total. The number of thiocarbonyl (C=S) groups is 1. The zero-order valence-corrected chi connectivity index (χ0v) is 19.7. The molecule has 9 heteroatoms. The molecule has 2 aromatic heterocycles. The number of hydrazine groups is 1. The van der Waals surface area contributed by atoms with Crippen LogP contribution in [0.2, 0.25) is 0 Å². The van der Waals surface area contributed by atoms with E-state index in [-0.39, 0.29) is 61.4 Å². The van der Waals surface area contributed by atoms with Gasteiger partial charge >= 0.3 is 51.4 Å². The summed E-state index contributed by atoms with van der Waals surface area (Å²) in [5.74, 6) is -0.419. The summed E-state index contributed by atoms with van der Waals surface area (Å²) in [5.41, 5.74) is 8.78. The summed E-state index contributed by atoms with van der Waals surface area (Å²) in [6, 6.07) is 19.4. The molecule has 0 aliphatic carbocycles. The van der Waals surface area contributed by atoms with Gasteiger partial charge in [-0.1, -0.05) is 36.4 Å². The second kappa shape index (κ2) is 9.27. The number of nitrogens with zero attached hydrogens (tertiary/aromatic N) is 2. The molecule has 0 radical (unpaired) electrons. The van der Waals surface area contributed by atoms with Gasteiger partial charge in [-0.3, -0.25) is 10.2 Å². The van der Waals surface area contributed by atoms with Gasteiger partial charge in [-0.15, -0.1) is 0 Å². The molecule has 2 heterocycles. The average molecular weight is 432 g/mol. The van der Waals surface area contributed by atoms with E-state index in [9.17, 15) is 4.79 Å². The molecular formula is C19H14KN5OS2. The van der Waals surface area contributed by atoms with E-state index < -0.39 is 5.91 Å². The van der Waals surface area contributed by atoms with Crippen molar-refractivity contribution in [2.24, 2.45) is 0 Å². The Balaban J connectivity index is 0.00000225. The maximum Gasteiger partial charge on any atom is 1.00 e. The number of fused-ring (bicyclic) bond motifs is 1. The molecule has 2 aromatic carbocycles. The zero-order chi connectivity index (χ0) is 18.8. The van der Waals surface area contributed by atoms with Crippen molar-refractivity contribution in [1.29, 1.82) is 0 Å². The fourth-order valence-electron chi connectivity index (χ4n) is 2.91. The molecule has 0 spiro atoms. The summed E-state index contributed by atoms with van der Waals surface area (Å²) in [7, 11) is 0. The van der Waals surface area contributed by atoms with Gasteiger partial charge in [0.1, 0.15) is 0 Å². The Hall–Kier alpha value is -1.59. The molecule has 6 nitrogen and oxygen atoms in total. The summed E-state index contributed by atoms with van der Waals surface area (Å²) >= 11 is 9.50. The molecule has 0 aliphatic heterocycles. The molecule has 28 heavy (non-hydrogen) atoms. The number of benzene rings is 2. The number of rotatable bonds is 3. The van der Waals surface area contributed by atoms with Gasteiger partial charge in [0.25, 0.3) is 5.91 Å². The van der Waals surface area contributed by atoms with Crippen molar-refractivity contribution >= 4 is 46.0 Å². The summed E-state index contributed by atoms with van der Waals surface area (Å²) in [4.78, 5) is 15.7. The van der Waals surface area contributed by atoms with E-state index in [2.05, 4.69) is 20.9 Å². The van der Waals surface area contributed by atoms with Crippen LogP contribution in [0.4, 0.5) is 0 Å². The second-order valence-corrected chi connectivity index (χ2v) is 6.85. The Kier molecular flexibility index (Phi) is 6.99. The molecule has 0 atom stereocenters. The van der Waals surface area contributed by atoms with Gasteiger partial charge in [0.05, 0.1) is 11.4 Å². The Morgan fingerprint density at radius 1 is 1.07 bits per heavy atom. The van der Waals surface area contributed by atoms with Crippen LogP contribution in [0.5, 0.6) is 0 Å². The Morgan fingerprint density at radius 3 is 2.54 bits per heavy atom. The number of carbonyl (C=O) groups is 1. The number of hydrogen-bond donors (Lipinski definition) is 3. The van der Waals surface area contributed by atoms with Crippen LogP contribution in [0, 0.1) is 0 Å². The standard InChI is InChI=1S/C19H15N5OS2.K/c25-18(21-22-19(26)27)16-10-17(24(23-16)12-6-2-1-3-7-12)14-11-20-15-9-5-4-8-13(14)15;/h1-11,20H,(H,21,25)(H2,22,26,27);/q;+1/p-1. The first-order valence-corrected chi connectivity index (χ1v) is 8.94. The fraction of sp³-hybridized carbons (Fsp3) is 0. The van der Waals surface area contributed by atoms with E-state index in [1.807, 2.05) is 60.8 Å². The van der Waals surface area contributed by atoms with Crippen molar-refractivity contribution in [1.82, 2.24) is 25.6 Å². The second-order valence-electron chi connectivity index (χ2n) is 5.78. The number of para-hydroxylation sites is 2. The number of aromatic nitrogens is 3. The Bertz CT molecular complexity index is 1140. The fourth-order valence-corrected chi connectivity index (χ4v) is 3.01. The molecule has 134 valence electrons. The van der Waals surface area contributed by atoms with Crippen LogP contribution >= 0.6 is 12.2 Å². The van der Waals surface area contributed by atoms with Crippen molar-refractivity contribution in [3.8, 4) is 16.9 Å². The minimum absolute atomic E-state index is 0. The van der Waals surface area contributed by atoms with Gasteiger partial charge in [-0.2, -0.15) is 5.10 Å². The van der Waals surface area contributed by atoms with E-state index in [4.69, 9.17) is 24.8 Å². The van der Waals surface area contributed by atoms with E-state index in [0.717, 1.165) is 27.8 Å². The van der Waals surface area contributed by atoms with Crippen molar-refractivity contribution in [2.45, 2.75) is 0 Å². The zero-order valence-electron chi connectivity index (χ0n) is 15.0. The third kappa shape index (κ3) is 4.36. The number of hydrogen-bond acceptors (Lipinski definition) is 4. The van der Waals surface area contributed by atoms with Crippen LogP contribution in [0.25, 0.3) is 27.8 Å². The van der Waals surface area contributed by atoms with Crippen molar-refractivity contribution in [3.05, 3.63) is 72.6 Å². The quantitative estimate of drug-likeness (QED) is 0.186. The van der Waals surface area contributed by atoms with Crippen molar-refractivity contribution < 1.29 is 56.2 Å². The first-order chi connectivity index (χ1) is 13.1. The van der Waals surface area contributed by atoms with Gasteiger partial charge in [0, 0.05) is 22.7 Å². The topological polar surface area (TPSA) is 74.7 Å². The van der Waals surface area contributed by atoms with Gasteiger partial charge in [-0.25, -0.2) is 4.68 Å². The number of amides is 1. The first-order valence-electron chi connectivity index (χ1n) is 8.13. The first kappa shape index (κ1) is 21.1. The number of carbonyl (C=O) groups excluding carboxylic acids is 1. The summed E-state index contributed by atoms with van der Waals surface area (Å²) < 4.78 is 1.80. The molecule has 0 fully saturated rings.